The Hall–Kier alpha value is -0.530. The molecule has 0 aromatic carbocycles. The molecule has 2 unspecified atom stereocenters. The van der Waals surface area contributed by atoms with Crippen molar-refractivity contribution < 1.29 is 9.53 Å². The minimum atomic E-state index is 0.0258. The van der Waals surface area contributed by atoms with E-state index in [1.165, 1.54) is 141 Å². The summed E-state index contributed by atoms with van der Waals surface area (Å²) in [4.78, 5) is 12.3. The Balaban J connectivity index is 4.00. The summed E-state index contributed by atoms with van der Waals surface area (Å²) in [5.41, 5.74) is 0. The van der Waals surface area contributed by atoms with Gasteiger partial charge in [0.15, 0.2) is 0 Å². The first-order chi connectivity index (χ1) is 16.7. The van der Waals surface area contributed by atoms with Crippen molar-refractivity contribution in [2.75, 3.05) is 6.61 Å². The fourth-order valence-electron chi connectivity index (χ4n) is 5.05. The van der Waals surface area contributed by atoms with Crippen LogP contribution in [0.1, 0.15) is 182 Å². The summed E-state index contributed by atoms with van der Waals surface area (Å²) in [6.07, 6.45) is 32.2. The molecule has 2 atom stereocenters. The second-order valence-corrected chi connectivity index (χ2v) is 11.1. The normalized spacial score (nSPS) is 13.2. The molecule has 0 spiro atoms. The highest BCUT2D eigenvalue weighted by Crippen LogP contribution is 2.21. The largest absolute Gasteiger partial charge is 0.465 e. The highest BCUT2D eigenvalue weighted by Gasteiger charge is 2.16. The van der Waals surface area contributed by atoms with Crippen LogP contribution in [0.2, 0.25) is 0 Å². The van der Waals surface area contributed by atoms with E-state index in [2.05, 4.69) is 20.8 Å². The fraction of sp³-hybridized carbons (Fsp3) is 0.969. The quantitative estimate of drug-likeness (QED) is 0.0862. The molecule has 0 radical (unpaired) electrons. The van der Waals surface area contributed by atoms with Crippen LogP contribution in [0.25, 0.3) is 0 Å². The number of ether oxygens (including phenoxy) is 1. The third-order valence-electron chi connectivity index (χ3n) is 7.52. The van der Waals surface area contributed by atoms with Crippen molar-refractivity contribution in [3.8, 4) is 0 Å². The first kappa shape index (κ1) is 33.5. The Morgan fingerprint density at radius 3 is 1.21 bits per heavy atom. The van der Waals surface area contributed by atoms with Gasteiger partial charge in [-0.2, -0.15) is 0 Å². The molecule has 0 heterocycles. The zero-order valence-corrected chi connectivity index (χ0v) is 24.1. The third kappa shape index (κ3) is 23.2. The van der Waals surface area contributed by atoms with E-state index in [0.717, 1.165) is 12.8 Å². The van der Waals surface area contributed by atoms with E-state index in [9.17, 15) is 4.79 Å². The highest BCUT2D eigenvalue weighted by atomic mass is 16.5. The molecule has 0 N–H and O–H groups in total. The fourth-order valence-corrected chi connectivity index (χ4v) is 5.05. The van der Waals surface area contributed by atoms with Gasteiger partial charge in [0.05, 0.1) is 12.5 Å². The van der Waals surface area contributed by atoms with Crippen LogP contribution in [0.3, 0.4) is 0 Å². The van der Waals surface area contributed by atoms with Crippen LogP contribution in [0, 0.1) is 11.8 Å². The molecule has 0 rings (SSSR count). The van der Waals surface area contributed by atoms with Crippen molar-refractivity contribution in [3.05, 3.63) is 0 Å². The molecule has 0 amide bonds. The predicted molar refractivity (Wildman–Crippen MR) is 151 cm³/mol. The molecule has 0 aliphatic rings. The molecular weight excluding hydrogens is 416 g/mol. The van der Waals surface area contributed by atoms with Crippen LogP contribution >= 0.6 is 0 Å². The molecule has 204 valence electrons. The summed E-state index contributed by atoms with van der Waals surface area (Å²) in [5, 5.41) is 0. The highest BCUT2D eigenvalue weighted by molar-refractivity contribution is 5.71. The Labute approximate surface area is 215 Å². The lowest BCUT2D eigenvalue weighted by Gasteiger charge is -2.19. The van der Waals surface area contributed by atoms with Gasteiger partial charge in [-0.3, -0.25) is 4.79 Å². The van der Waals surface area contributed by atoms with Gasteiger partial charge < -0.3 is 4.74 Å². The van der Waals surface area contributed by atoms with E-state index < -0.39 is 0 Å². The zero-order chi connectivity index (χ0) is 25.1. The van der Waals surface area contributed by atoms with Crippen LogP contribution in [-0.4, -0.2) is 12.6 Å². The van der Waals surface area contributed by atoms with Gasteiger partial charge in [0.2, 0.25) is 0 Å². The van der Waals surface area contributed by atoms with Gasteiger partial charge in [0.1, 0.15) is 0 Å². The van der Waals surface area contributed by atoms with Gasteiger partial charge >= 0.3 is 5.97 Å². The molecule has 0 aliphatic heterocycles. The van der Waals surface area contributed by atoms with Crippen molar-refractivity contribution in [1.82, 2.24) is 0 Å². The van der Waals surface area contributed by atoms with Gasteiger partial charge in [0, 0.05) is 0 Å². The van der Waals surface area contributed by atoms with Crippen molar-refractivity contribution in [3.63, 3.8) is 0 Å². The third-order valence-corrected chi connectivity index (χ3v) is 7.52. The second kappa shape index (κ2) is 27.1. The van der Waals surface area contributed by atoms with E-state index in [1.807, 2.05) is 6.92 Å². The van der Waals surface area contributed by atoms with Crippen molar-refractivity contribution in [2.45, 2.75) is 182 Å². The van der Waals surface area contributed by atoms with Crippen molar-refractivity contribution >= 4 is 5.97 Å². The molecule has 0 fully saturated rings. The molecule has 0 aromatic heterocycles. The van der Waals surface area contributed by atoms with Crippen LogP contribution in [0.15, 0.2) is 0 Å². The number of hydrogen-bond acceptors (Lipinski definition) is 2. The Kier molecular flexibility index (Phi) is 26.6. The maximum absolute atomic E-state index is 12.3. The summed E-state index contributed by atoms with van der Waals surface area (Å²) in [6.45, 7) is 9.39. The van der Waals surface area contributed by atoms with E-state index in [4.69, 9.17) is 4.74 Å². The van der Waals surface area contributed by atoms with E-state index in [0.29, 0.717) is 12.5 Å². The van der Waals surface area contributed by atoms with Crippen LogP contribution in [0.4, 0.5) is 0 Å². The lowest BCUT2D eigenvalue weighted by molar-refractivity contribution is -0.149. The number of carbonyl (C=O) groups excluding carboxylic acids is 1. The number of hydrogen-bond donors (Lipinski definition) is 0. The van der Waals surface area contributed by atoms with Crippen molar-refractivity contribution in [2.24, 2.45) is 11.8 Å². The summed E-state index contributed by atoms with van der Waals surface area (Å²) < 4.78 is 5.76. The van der Waals surface area contributed by atoms with Gasteiger partial charge in [-0.05, 0) is 25.2 Å². The van der Waals surface area contributed by atoms with Crippen LogP contribution in [-0.2, 0) is 9.53 Å². The van der Waals surface area contributed by atoms with E-state index in [1.54, 1.807) is 0 Å². The summed E-state index contributed by atoms with van der Waals surface area (Å²) in [6, 6.07) is 0. The molecule has 2 heteroatoms. The number of carbonyl (C=O) groups is 1. The number of esters is 1. The lowest BCUT2D eigenvalue weighted by Crippen LogP contribution is -2.19. The number of rotatable bonds is 27. The smallest absolute Gasteiger partial charge is 0.308 e. The molecule has 34 heavy (non-hydrogen) atoms. The molecule has 0 aliphatic carbocycles. The number of unbranched alkanes of at least 4 members (excludes halogenated alkanes) is 18. The molecule has 2 nitrogen and oxygen atoms in total. The van der Waals surface area contributed by atoms with Gasteiger partial charge in [-0.1, -0.05) is 163 Å². The van der Waals surface area contributed by atoms with Gasteiger partial charge in [0.25, 0.3) is 0 Å². The van der Waals surface area contributed by atoms with Gasteiger partial charge in [-0.15, -0.1) is 0 Å². The molecule has 0 saturated heterocycles. The molecular formula is C32H64O2. The lowest BCUT2D eigenvalue weighted by atomic mass is 9.94. The van der Waals surface area contributed by atoms with Crippen molar-refractivity contribution in [1.29, 1.82) is 0 Å². The topological polar surface area (TPSA) is 26.3 Å². The standard InChI is InChI=1S/C32H64O2/c1-5-8-10-12-14-16-17-19-21-23-25-28-31(29-34-32(33)30(4)26-7-3)27-24-22-20-18-15-13-11-9-6-2/h30-31H,5-29H2,1-4H3. The molecule has 0 aromatic rings. The van der Waals surface area contributed by atoms with E-state index >= 15 is 0 Å². The maximum Gasteiger partial charge on any atom is 0.308 e. The second-order valence-electron chi connectivity index (χ2n) is 11.1. The SMILES string of the molecule is CCCCCCCCCCCCCC(CCCCCCCCCCC)COC(=O)C(C)CCC. The zero-order valence-electron chi connectivity index (χ0n) is 24.1. The Bertz CT molecular complexity index is 406. The minimum Gasteiger partial charge on any atom is -0.465 e. The summed E-state index contributed by atoms with van der Waals surface area (Å²) in [5.74, 6) is 0.652. The van der Waals surface area contributed by atoms with Crippen LogP contribution in [0.5, 0.6) is 0 Å². The predicted octanol–water partition coefficient (Wildman–Crippen LogP) is 11.2. The van der Waals surface area contributed by atoms with Gasteiger partial charge in [-0.25, -0.2) is 0 Å². The minimum absolute atomic E-state index is 0.0258. The average molecular weight is 481 g/mol. The Morgan fingerprint density at radius 2 is 0.853 bits per heavy atom. The first-order valence-corrected chi connectivity index (χ1v) is 15.8. The summed E-state index contributed by atoms with van der Waals surface area (Å²) in [7, 11) is 0. The van der Waals surface area contributed by atoms with E-state index in [-0.39, 0.29) is 11.9 Å². The summed E-state index contributed by atoms with van der Waals surface area (Å²) >= 11 is 0. The molecule has 0 saturated carbocycles. The molecule has 0 bridgehead atoms. The maximum atomic E-state index is 12.3. The Morgan fingerprint density at radius 1 is 0.500 bits per heavy atom. The first-order valence-electron chi connectivity index (χ1n) is 15.8. The van der Waals surface area contributed by atoms with Crippen LogP contribution < -0.4 is 0 Å². The monoisotopic (exact) mass is 480 g/mol. The average Bonchev–Trinajstić information content (AvgIpc) is 2.84.